The average Bonchev–Trinajstić information content (AvgIpc) is 2.34. The number of hydrogen-bond donors (Lipinski definition) is 2. The summed E-state index contributed by atoms with van der Waals surface area (Å²) in [5.41, 5.74) is 8.53. The van der Waals surface area contributed by atoms with Gasteiger partial charge in [-0.1, -0.05) is 25.6 Å². The summed E-state index contributed by atoms with van der Waals surface area (Å²) in [5.74, 6) is 0.450. The molecule has 5 nitrogen and oxygen atoms in total. The van der Waals surface area contributed by atoms with Gasteiger partial charge in [0, 0.05) is 23.2 Å². The lowest BCUT2D eigenvalue weighted by molar-refractivity contribution is -0.120. The molecule has 0 fully saturated rings. The minimum atomic E-state index is -0.309. The normalized spacial score (nSPS) is 12.7. The fourth-order valence-corrected chi connectivity index (χ4v) is 2.72. The Morgan fingerprint density at radius 2 is 1.80 bits per heavy atom. The van der Waals surface area contributed by atoms with E-state index in [1.54, 1.807) is 11.8 Å². The molecule has 1 atom stereocenters. The van der Waals surface area contributed by atoms with Gasteiger partial charge in [0.05, 0.1) is 6.04 Å². The minimum absolute atomic E-state index is 0.234. The van der Waals surface area contributed by atoms with Gasteiger partial charge in [-0.15, -0.1) is 0 Å². The van der Waals surface area contributed by atoms with E-state index in [1.165, 1.54) is 0 Å². The third kappa shape index (κ3) is 5.09. The van der Waals surface area contributed by atoms with Gasteiger partial charge in [0.25, 0.3) is 0 Å². The van der Waals surface area contributed by atoms with Crippen LogP contribution >= 0.6 is 11.8 Å². The zero-order chi connectivity index (χ0) is 15.3. The van der Waals surface area contributed by atoms with Crippen LogP contribution in [0.1, 0.15) is 37.2 Å². The molecule has 0 aliphatic carbocycles. The first-order chi connectivity index (χ1) is 9.31. The Kier molecular flexibility index (Phi) is 6.42. The van der Waals surface area contributed by atoms with Crippen LogP contribution in [0.15, 0.2) is 5.16 Å². The second-order valence-corrected chi connectivity index (χ2v) is 6.28. The largest absolute Gasteiger partial charge is 0.368 e. The highest BCUT2D eigenvalue weighted by Gasteiger charge is 2.16. The molecule has 0 aromatic carbocycles. The zero-order valence-electron chi connectivity index (χ0n) is 12.9. The first kappa shape index (κ1) is 16.9. The molecule has 6 heteroatoms. The fraction of sp³-hybridized carbons (Fsp3) is 0.643. The van der Waals surface area contributed by atoms with Crippen molar-refractivity contribution < 1.29 is 4.79 Å². The lowest BCUT2D eigenvalue weighted by Gasteiger charge is -2.17. The van der Waals surface area contributed by atoms with Crippen molar-refractivity contribution >= 4 is 17.7 Å². The van der Waals surface area contributed by atoms with E-state index < -0.39 is 0 Å². The molecule has 0 saturated heterocycles. The average molecular weight is 296 g/mol. The molecule has 20 heavy (non-hydrogen) atoms. The van der Waals surface area contributed by atoms with E-state index in [4.69, 9.17) is 5.73 Å². The number of hydrogen-bond acceptors (Lipinski definition) is 5. The van der Waals surface area contributed by atoms with Crippen molar-refractivity contribution in [3.05, 3.63) is 17.0 Å². The van der Waals surface area contributed by atoms with Gasteiger partial charge in [-0.25, -0.2) is 9.97 Å². The highest BCUT2D eigenvalue weighted by Crippen LogP contribution is 2.18. The van der Waals surface area contributed by atoms with Crippen LogP contribution in [-0.4, -0.2) is 33.7 Å². The summed E-state index contributed by atoms with van der Waals surface area (Å²) in [4.78, 5) is 20.3. The van der Waals surface area contributed by atoms with Crippen LogP contribution in [0.25, 0.3) is 0 Å². The molecule has 0 aliphatic heterocycles. The van der Waals surface area contributed by atoms with Crippen LogP contribution in [0.3, 0.4) is 0 Å². The third-order valence-corrected chi connectivity index (χ3v) is 4.01. The highest BCUT2D eigenvalue weighted by atomic mass is 32.2. The minimum Gasteiger partial charge on any atom is -0.368 e. The summed E-state index contributed by atoms with van der Waals surface area (Å²) in [6, 6.07) is -0.0623. The van der Waals surface area contributed by atoms with E-state index >= 15 is 0 Å². The Hall–Kier alpha value is -1.14. The molecule has 1 heterocycles. The van der Waals surface area contributed by atoms with E-state index in [0.717, 1.165) is 27.9 Å². The highest BCUT2D eigenvalue weighted by molar-refractivity contribution is 7.99. The number of primary amides is 1. The number of carbonyl (C=O) groups is 1. The Bertz CT molecular complexity index is 453. The smallest absolute Gasteiger partial charge is 0.234 e. The Morgan fingerprint density at radius 1 is 1.25 bits per heavy atom. The second kappa shape index (κ2) is 7.59. The Morgan fingerprint density at radius 3 is 2.25 bits per heavy atom. The molecule has 0 bridgehead atoms. The van der Waals surface area contributed by atoms with Crippen LogP contribution in [0.4, 0.5) is 0 Å². The lowest BCUT2D eigenvalue weighted by Crippen LogP contribution is -2.44. The van der Waals surface area contributed by atoms with Crippen LogP contribution in [0, 0.1) is 20.8 Å². The molecule has 1 unspecified atom stereocenters. The third-order valence-electron chi connectivity index (χ3n) is 3.13. The van der Waals surface area contributed by atoms with Crippen molar-refractivity contribution in [2.24, 2.45) is 5.73 Å². The standard InChI is InChI=1S/C14H24N4OS/c1-8(2)16-12(13(15)19)6-7-20-14-17-10(4)9(3)11(5)18-14/h8,12,16H,6-7H2,1-5H3,(H2,15,19). The molecule has 1 aromatic heterocycles. The summed E-state index contributed by atoms with van der Waals surface area (Å²) in [6.45, 7) is 9.99. The molecule has 0 saturated carbocycles. The van der Waals surface area contributed by atoms with Crippen molar-refractivity contribution in [2.75, 3.05) is 5.75 Å². The van der Waals surface area contributed by atoms with Gasteiger partial charge in [0.15, 0.2) is 5.16 Å². The van der Waals surface area contributed by atoms with E-state index in [1.807, 2.05) is 34.6 Å². The molecule has 3 N–H and O–H groups in total. The number of amides is 1. The van der Waals surface area contributed by atoms with Crippen LogP contribution in [0.5, 0.6) is 0 Å². The predicted molar refractivity (Wildman–Crippen MR) is 82.8 cm³/mol. The monoisotopic (exact) mass is 296 g/mol. The predicted octanol–water partition coefficient (Wildman–Crippen LogP) is 1.74. The molecule has 0 spiro atoms. The van der Waals surface area contributed by atoms with Gasteiger partial charge in [0.2, 0.25) is 5.91 Å². The maximum atomic E-state index is 11.3. The van der Waals surface area contributed by atoms with Crippen LogP contribution in [-0.2, 0) is 4.79 Å². The SMILES string of the molecule is Cc1nc(SCCC(NC(C)C)C(N)=O)nc(C)c1C. The van der Waals surface area contributed by atoms with Gasteiger partial charge in [-0.2, -0.15) is 0 Å². The summed E-state index contributed by atoms with van der Waals surface area (Å²) in [6.07, 6.45) is 0.674. The van der Waals surface area contributed by atoms with E-state index in [-0.39, 0.29) is 18.0 Å². The summed E-state index contributed by atoms with van der Waals surface area (Å²) in [5, 5.41) is 3.93. The van der Waals surface area contributed by atoms with E-state index in [2.05, 4.69) is 15.3 Å². The Balaban J connectivity index is 2.57. The first-order valence-corrected chi connectivity index (χ1v) is 7.79. The molecule has 0 radical (unpaired) electrons. The van der Waals surface area contributed by atoms with Crippen molar-refractivity contribution in [1.29, 1.82) is 0 Å². The number of carbonyl (C=O) groups excluding carboxylic acids is 1. The second-order valence-electron chi connectivity index (χ2n) is 5.22. The van der Waals surface area contributed by atoms with Crippen molar-refractivity contribution in [2.45, 2.75) is 58.3 Å². The molecular formula is C14H24N4OS. The van der Waals surface area contributed by atoms with Gasteiger partial charge in [-0.05, 0) is 32.8 Å². The number of rotatable bonds is 7. The molecule has 1 rings (SSSR count). The van der Waals surface area contributed by atoms with Crippen molar-refractivity contribution in [3.63, 3.8) is 0 Å². The van der Waals surface area contributed by atoms with Gasteiger partial charge in [0.1, 0.15) is 0 Å². The van der Waals surface area contributed by atoms with Gasteiger partial charge >= 0.3 is 0 Å². The van der Waals surface area contributed by atoms with Gasteiger partial charge < -0.3 is 11.1 Å². The number of aryl methyl sites for hydroxylation is 2. The zero-order valence-corrected chi connectivity index (χ0v) is 13.7. The van der Waals surface area contributed by atoms with E-state index in [0.29, 0.717) is 6.42 Å². The fourth-order valence-electron chi connectivity index (χ4n) is 1.78. The maximum absolute atomic E-state index is 11.3. The number of thioether (sulfide) groups is 1. The topological polar surface area (TPSA) is 80.9 Å². The molecule has 112 valence electrons. The lowest BCUT2D eigenvalue weighted by atomic mass is 10.2. The first-order valence-electron chi connectivity index (χ1n) is 6.81. The Labute approximate surface area is 125 Å². The number of nitrogens with zero attached hydrogens (tertiary/aromatic N) is 2. The van der Waals surface area contributed by atoms with Crippen molar-refractivity contribution in [1.82, 2.24) is 15.3 Å². The number of nitrogens with two attached hydrogens (primary N) is 1. The van der Waals surface area contributed by atoms with Crippen LogP contribution in [0.2, 0.25) is 0 Å². The molecular weight excluding hydrogens is 272 g/mol. The molecule has 1 amide bonds. The number of aromatic nitrogens is 2. The summed E-state index contributed by atoms with van der Waals surface area (Å²) in [7, 11) is 0. The molecule has 1 aromatic rings. The van der Waals surface area contributed by atoms with Crippen molar-refractivity contribution in [3.8, 4) is 0 Å². The van der Waals surface area contributed by atoms with Gasteiger partial charge in [-0.3, -0.25) is 4.79 Å². The number of nitrogens with one attached hydrogen (secondary N) is 1. The maximum Gasteiger partial charge on any atom is 0.234 e. The van der Waals surface area contributed by atoms with E-state index in [9.17, 15) is 4.79 Å². The summed E-state index contributed by atoms with van der Waals surface area (Å²) >= 11 is 1.56. The summed E-state index contributed by atoms with van der Waals surface area (Å²) < 4.78 is 0. The quantitative estimate of drug-likeness (QED) is 0.591. The molecule has 0 aliphatic rings. The van der Waals surface area contributed by atoms with Crippen LogP contribution < -0.4 is 11.1 Å².